The molecule has 0 saturated carbocycles. The second-order valence-corrected chi connectivity index (χ2v) is 5.25. The van der Waals surface area contributed by atoms with Gasteiger partial charge in [-0.2, -0.15) is 0 Å². The third-order valence-electron chi connectivity index (χ3n) is 2.71. The molecule has 0 N–H and O–H groups in total. The minimum Gasteiger partial charge on any atom is -0.217 e. The summed E-state index contributed by atoms with van der Waals surface area (Å²) in [6.45, 7) is 0. The Morgan fingerprint density at radius 3 is 1.89 bits per heavy atom. The molecule has 0 saturated heterocycles. The van der Waals surface area contributed by atoms with Crippen LogP contribution in [0.4, 0.5) is 0 Å². The van der Waals surface area contributed by atoms with E-state index in [0.29, 0.717) is 11.6 Å². The Balaban J connectivity index is 2.03. The number of rotatable bonds is 2. The Labute approximate surface area is 124 Å². The van der Waals surface area contributed by atoms with E-state index in [9.17, 15) is 0 Å². The molecule has 0 fully saturated rings. The number of benzene rings is 2. The van der Waals surface area contributed by atoms with Gasteiger partial charge in [-0.1, -0.05) is 42.5 Å². The van der Waals surface area contributed by atoms with E-state index in [0.717, 1.165) is 11.1 Å². The maximum atomic E-state index is 4.52. The van der Waals surface area contributed by atoms with Crippen molar-refractivity contribution < 1.29 is 0 Å². The highest BCUT2D eigenvalue weighted by Gasteiger charge is 2.05. The minimum atomic E-state index is 0.698. The first-order chi connectivity index (χ1) is 9.33. The first-order valence-corrected chi connectivity index (χ1v) is 6.91. The third-order valence-corrected chi connectivity index (χ3v) is 3.43. The predicted octanol–water partition coefficient (Wildman–Crippen LogP) is 3.81. The van der Waals surface area contributed by atoms with E-state index in [1.54, 1.807) is 6.33 Å². The Bertz CT molecular complexity index is 681. The Morgan fingerprint density at radius 1 is 0.684 bits per heavy atom. The van der Waals surface area contributed by atoms with Crippen molar-refractivity contribution in [3.05, 3.63) is 64.5 Å². The third kappa shape index (κ3) is 2.78. The first kappa shape index (κ1) is 12.2. The van der Waals surface area contributed by atoms with Crippen LogP contribution in [0.5, 0.6) is 0 Å². The van der Waals surface area contributed by atoms with E-state index in [2.05, 4.69) is 37.5 Å². The van der Waals surface area contributed by atoms with Crippen molar-refractivity contribution in [1.82, 2.24) is 15.0 Å². The lowest BCUT2D eigenvalue weighted by Gasteiger charge is -2.03. The molecule has 0 spiro atoms. The van der Waals surface area contributed by atoms with Crippen molar-refractivity contribution in [3.8, 4) is 22.8 Å². The van der Waals surface area contributed by atoms with Gasteiger partial charge in [0, 0.05) is 14.7 Å². The molecule has 0 bridgehead atoms. The van der Waals surface area contributed by atoms with Gasteiger partial charge in [0.25, 0.3) is 0 Å². The number of aromatic nitrogens is 3. The smallest absolute Gasteiger partial charge is 0.163 e. The lowest BCUT2D eigenvalue weighted by atomic mass is 10.2. The zero-order valence-corrected chi connectivity index (χ0v) is 12.2. The van der Waals surface area contributed by atoms with Crippen LogP contribution in [0.1, 0.15) is 0 Å². The van der Waals surface area contributed by atoms with Crippen LogP contribution in [-0.2, 0) is 0 Å². The van der Waals surface area contributed by atoms with Crippen LogP contribution in [0, 0.1) is 3.57 Å². The zero-order valence-electron chi connectivity index (χ0n) is 9.99. The molecule has 92 valence electrons. The maximum Gasteiger partial charge on any atom is 0.163 e. The van der Waals surface area contributed by atoms with Crippen LogP contribution in [0.3, 0.4) is 0 Å². The fourth-order valence-electron chi connectivity index (χ4n) is 1.76. The molecule has 0 amide bonds. The summed E-state index contributed by atoms with van der Waals surface area (Å²) < 4.78 is 1.19. The molecule has 3 nitrogen and oxygen atoms in total. The second-order valence-electron chi connectivity index (χ2n) is 4.01. The largest absolute Gasteiger partial charge is 0.217 e. The van der Waals surface area contributed by atoms with Crippen LogP contribution >= 0.6 is 22.6 Å². The summed E-state index contributed by atoms with van der Waals surface area (Å²) in [6.07, 6.45) is 1.56. The van der Waals surface area contributed by atoms with E-state index < -0.39 is 0 Å². The van der Waals surface area contributed by atoms with E-state index >= 15 is 0 Å². The summed E-state index contributed by atoms with van der Waals surface area (Å²) in [5, 5.41) is 0. The maximum absolute atomic E-state index is 4.52. The molecule has 3 rings (SSSR count). The van der Waals surface area contributed by atoms with E-state index in [4.69, 9.17) is 0 Å². The molecule has 0 unspecified atom stereocenters. The fourth-order valence-corrected chi connectivity index (χ4v) is 2.12. The highest BCUT2D eigenvalue weighted by atomic mass is 127. The van der Waals surface area contributed by atoms with Gasteiger partial charge in [-0.05, 0) is 34.7 Å². The van der Waals surface area contributed by atoms with Crippen LogP contribution in [-0.4, -0.2) is 15.0 Å². The first-order valence-electron chi connectivity index (χ1n) is 5.83. The highest BCUT2D eigenvalue weighted by Crippen LogP contribution is 2.19. The van der Waals surface area contributed by atoms with Gasteiger partial charge in [-0.25, -0.2) is 15.0 Å². The highest BCUT2D eigenvalue weighted by molar-refractivity contribution is 14.1. The van der Waals surface area contributed by atoms with Crippen LogP contribution in [0.25, 0.3) is 22.8 Å². The van der Waals surface area contributed by atoms with Crippen LogP contribution in [0.15, 0.2) is 60.9 Å². The summed E-state index contributed by atoms with van der Waals surface area (Å²) in [5.74, 6) is 1.40. The van der Waals surface area contributed by atoms with Gasteiger partial charge in [0.05, 0.1) is 0 Å². The molecule has 1 aromatic heterocycles. The molecular formula is C15H10IN3. The summed E-state index contributed by atoms with van der Waals surface area (Å²) >= 11 is 2.28. The fraction of sp³-hybridized carbons (Fsp3) is 0. The van der Waals surface area contributed by atoms with Crippen molar-refractivity contribution in [2.45, 2.75) is 0 Å². The van der Waals surface area contributed by atoms with Crippen molar-refractivity contribution in [2.24, 2.45) is 0 Å². The molecule has 0 aliphatic rings. The summed E-state index contributed by atoms with van der Waals surface area (Å²) in [6, 6.07) is 18.0. The quantitative estimate of drug-likeness (QED) is 0.654. The molecule has 4 heteroatoms. The van der Waals surface area contributed by atoms with Crippen LogP contribution in [0.2, 0.25) is 0 Å². The molecular weight excluding hydrogens is 349 g/mol. The van der Waals surface area contributed by atoms with E-state index in [1.807, 2.05) is 54.6 Å². The van der Waals surface area contributed by atoms with Crippen LogP contribution < -0.4 is 0 Å². The predicted molar refractivity (Wildman–Crippen MR) is 83.4 cm³/mol. The van der Waals surface area contributed by atoms with Gasteiger partial charge in [0.15, 0.2) is 11.6 Å². The molecule has 1 heterocycles. The van der Waals surface area contributed by atoms with Gasteiger partial charge < -0.3 is 0 Å². The van der Waals surface area contributed by atoms with Crippen molar-refractivity contribution in [1.29, 1.82) is 0 Å². The Kier molecular flexibility index (Phi) is 3.50. The van der Waals surface area contributed by atoms with Gasteiger partial charge in [-0.15, -0.1) is 0 Å². The Hall–Kier alpha value is -1.82. The van der Waals surface area contributed by atoms with Gasteiger partial charge in [0.1, 0.15) is 6.33 Å². The SMILES string of the molecule is Ic1ccc(-c2ncnc(-c3ccccc3)n2)cc1. The number of nitrogens with zero attached hydrogens (tertiary/aromatic N) is 3. The summed E-state index contributed by atoms with van der Waals surface area (Å²) in [5.41, 5.74) is 2.00. The van der Waals surface area contributed by atoms with E-state index in [-0.39, 0.29) is 0 Å². The molecule has 0 aliphatic heterocycles. The second kappa shape index (κ2) is 5.44. The van der Waals surface area contributed by atoms with E-state index in [1.165, 1.54) is 3.57 Å². The molecule has 0 atom stereocenters. The summed E-state index contributed by atoms with van der Waals surface area (Å²) in [4.78, 5) is 13.0. The molecule has 0 aliphatic carbocycles. The number of halogens is 1. The normalized spacial score (nSPS) is 10.4. The molecule has 3 aromatic rings. The van der Waals surface area contributed by atoms with Crippen molar-refractivity contribution in [3.63, 3.8) is 0 Å². The number of hydrogen-bond acceptors (Lipinski definition) is 3. The lowest BCUT2D eigenvalue weighted by molar-refractivity contribution is 1.06. The molecule has 0 radical (unpaired) electrons. The average molecular weight is 359 g/mol. The zero-order chi connectivity index (χ0) is 13.1. The minimum absolute atomic E-state index is 0.698. The molecule has 19 heavy (non-hydrogen) atoms. The van der Waals surface area contributed by atoms with Gasteiger partial charge in [0.2, 0.25) is 0 Å². The Morgan fingerprint density at radius 2 is 1.26 bits per heavy atom. The summed E-state index contributed by atoms with van der Waals surface area (Å²) in [7, 11) is 0. The number of hydrogen-bond donors (Lipinski definition) is 0. The topological polar surface area (TPSA) is 38.7 Å². The molecule has 2 aromatic carbocycles. The average Bonchev–Trinajstić information content (AvgIpc) is 2.49. The lowest BCUT2D eigenvalue weighted by Crippen LogP contribution is -1.94. The monoisotopic (exact) mass is 359 g/mol. The van der Waals surface area contributed by atoms with Gasteiger partial charge in [-0.3, -0.25) is 0 Å². The standard InChI is InChI=1S/C15H10IN3/c16-13-8-6-12(7-9-13)15-18-10-17-14(19-15)11-4-2-1-3-5-11/h1-10H. The van der Waals surface area contributed by atoms with Gasteiger partial charge >= 0.3 is 0 Å². The van der Waals surface area contributed by atoms with Crippen molar-refractivity contribution in [2.75, 3.05) is 0 Å². The van der Waals surface area contributed by atoms with Crippen molar-refractivity contribution >= 4 is 22.6 Å².